The lowest BCUT2D eigenvalue weighted by atomic mass is 10.0. The first-order valence-electron chi connectivity index (χ1n) is 8.94. The molecule has 0 atom stereocenters. The third kappa shape index (κ3) is 9.51. The number of phenols is 3. The number of hydrogen-bond acceptors (Lipinski definition) is 3. The lowest BCUT2D eigenvalue weighted by Crippen LogP contribution is -2.28. The predicted molar refractivity (Wildman–Crippen MR) is 142 cm³/mol. The fourth-order valence-electron chi connectivity index (χ4n) is 2.25. The SMILES string of the molecule is Oc1cccc(C(Cl)(Cl)C(Cl)Cl)c1C(Cl)(Cl)C(Cl)Cl.Oc1ccccc1.Oc1ccccc1. The number of aromatic hydroxyl groups is 3. The normalized spacial score (nSPS) is 11.3. The van der Waals surface area contributed by atoms with Crippen molar-refractivity contribution in [3.8, 4) is 17.2 Å². The Morgan fingerprint density at radius 3 is 1.21 bits per heavy atom. The van der Waals surface area contributed by atoms with Crippen molar-refractivity contribution in [3.63, 3.8) is 0 Å². The van der Waals surface area contributed by atoms with Crippen LogP contribution >= 0.6 is 92.8 Å². The lowest BCUT2D eigenvalue weighted by molar-refractivity contribution is 0.464. The molecular weight excluding hydrogens is 596 g/mol. The van der Waals surface area contributed by atoms with Crippen molar-refractivity contribution in [2.75, 3.05) is 0 Å². The number of halogens is 8. The average molecular weight is 614 g/mol. The van der Waals surface area contributed by atoms with Crippen LogP contribution in [0.1, 0.15) is 11.1 Å². The largest absolute Gasteiger partial charge is 0.508 e. The first-order chi connectivity index (χ1) is 15.3. The lowest BCUT2D eigenvalue weighted by Gasteiger charge is -2.30. The van der Waals surface area contributed by atoms with Crippen LogP contribution in [0.15, 0.2) is 78.9 Å². The maximum atomic E-state index is 9.93. The Balaban J connectivity index is 0.000000313. The fraction of sp³-hybridized carbons (Fsp3) is 0.182. The molecule has 3 aromatic carbocycles. The van der Waals surface area contributed by atoms with Crippen molar-refractivity contribution >= 4 is 92.8 Å². The van der Waals surface area contributed by atoms with Crippen LogP contribution in [0.3, 0.4) is 0 Å². The van der Waals surface area contributed by atoms with Crippen molar-refractivity contribution in [3.05, 3.63) is 90.0 Å². The summed E-state index contributed by atoms with van der Waals surface area (Å²) in [6, 6.07) is 21.7. The summed E-state index contributed by atoms with van der Waals surface area (Å²) in [5.41, 5.74) is 0.0618. The molecule has 180 valence electrons. The third-order valence-corrected chi connectivity index (χ3v) is 7.66. The van der Waals surface area contributed by atoms with Crippen LogP contribution < -0.4 is 0 Å². The quantitative estimate of drug-likeness (QED) is 0.257. The molecule has 0 aromatic heterocycles. The van der Waals surface area contributed by atoms with Gasteiger partial charge in [-0.1, -0.05) is 94.9 Å². The number of alkyl halides is 8. The van der Waals surface area contributed by atoms with Gasteiger partial charge in [0.1, 0.15) is 26.9 Å². The van der Waals surface area contributed by atoms with Crippen molar-refractivity contribution < 1.29 is 15.3 Å². The van der Waals surface area contributed by atoms with Gasteiger partial charge in [-0.15, -0.1) is 46.4 Å². The Bertz CT molecular complexity index is 930. The molecule has 0 aliphatic carbocycles. The Morgan fingerprint density at radius 2 is 0.909 bits per heavy atom. The van der Waals surface area contributed by atoms with Gasteiger partial charge in [-0.05, 0) is 30.3 Å². The van der Waals surface area contributed by atoms with E-state index in [4.69, 9.17) is 103 Å². The van der Waals surface area contributed by atoms with E-state index in [0.717, 1.165) is 0 Å². The molecule has 0 unspecified atom stereocenters. The second kappa shape index (κ2) is 14.1. The molecule has 3 rings (SSSR count). The van der Waals surface area contributed by atoms with Crippen LogP contribution in [0.25, 0.3) is 0 Å². The van der Waals surface area contributed by atoms with E-state index in [2.05, 4.69) is 0 Å². The first kappa shape index (κ1) is 30.4. The average Bonchev–Trinajstić information content (AvgIpc) is 2.75. The van der Waals surface area contributed by atoms with Crippen LogP contribution in [-0.4, -0.2) is 25.0 Å². The zero-order chi connectivity index (χ0) is 25.2. The van der Waals surface area contributed by atoms with Crippen molar-refractivity contribution in [1.82, 2.24) is 0 Å². The minimum absolute atomic E-state index is 0.0513. The molecule has 0 fully saturated rings. The molecule has 3 aromatic rings. The van der Waals surface area contributed by atoms with Gasteiger partial charge in [0.2, 0.25) is 0 Å². The summed E-state index contributed by atoms with van der Waals surface area (Å²) in [5.74, 6) is 0.360. The van der Waals surface area contributed by atoms with Crippen molar-refractivity contribution in [2.24, 2.45) is 0 Å². The maximum Gasteiger partial charge on any atom is 0.176 e. The maximum absolute atomic E-state index is 9.93. The van der Waals surface area contributed by atoms with Gasteiger partial charge in [0, 0.05) is 11.1 Å². The minimum Gasteiger partial charge on any atom is -0.508 e. The highest BCUT2D eigenvalue weighted by Gasteiger charge is 2.45. The second-order valence-corrected chi connectivity index (χ2v) is 11.2. The Hall–Kier alpha value is -0.620. The van der Waals surface area contributed by atoms with E-state index in [9.17, 15) is 5.11 Å². The molecule has 0 amide bonds. The van der Waals surface area contributed by atoms with Crippen LogP contribution in [-0.2, 0) is 8.67 Å². The van der Waals surface area contributed by atoms with E-state index in [1.807, 2.05) is 12.1 Å². The highest BCUT2D eigenvalue weighted by atomic mass is 35.5. The summed E-state index contributed by atoms with van der Waals surface area (Å²) in [7, 11) is 0. The minimum atomic E-state index is -1.85. The van der Waals surface area contributed by atoms with Crippen molar-refractivity contribution in [2.45, 2.75) is 18.3 Å². The molecule has 0 bridgehead atoms. The summed E-state index contributed by atoms with van der Waals surface area (Å²) in [5, 5.41) is 27.2. The molecule has 33 heavy (non-hydrogen) atoms. The van der Waals surface area contributed by atoms with E-state index in [0.29, 0.717) is 11.5 Å². The summed E-state index contributed by atoms with van der Waals surface area (Å²) in [6.07, 6.45) is 0. The fourth-order valence-corrected chi connectivity index (χ4v) is 3.42. The predicted octanol–water partition coefficient (Wildman–Crippen LogP) is 9.04. The van der Waals surface area contributed by atoms with E-state index in [1.165, 1.54) is 18.2 Å². The van der Waals surface area contributed by atoms with Gasteiger partial charge >= 0.3 is 0 Å². The topological polar surface area (TPSA) is 60.7 Å². The van der Waals surface area contributed by atoms with Crippen LogP contribution in [0.5, 0.6) is 17.2 Å². The molecule has 0 saturated heterocycles. The Morgan fingerprint density at radius 1 is 0.515 bits per heavy atom. The van der Waals surface area contributed by atoms with E-state index in [-0.39, 0.29) is 16.9 Å². The van der Waals surface area contributed by atoms with Crippen molar-refractivity contribution in [1.29, 1.82) is 0 Å². The molecule has 0 spiro atoms. The first-order valence-corrected chi connectivity index (χ1v) is 12.2. The van der Waals surface area contributed by atoms with E-state index < -0.39 is 18.3 Å². The number of phenolic OH excluding ortho intramolecular Hbond substituents is 3. The van der Waals surface area contributed by atoms with E-state index >= 15 is 0 Å². The molecule has 0 saturated carbocycles. The van der Waals surface area contributed by atoms with Crippen LogP contribution in [0, 0.1) is 0 Å². The van der Waals surface area contributed by atoms with Crippen LogP contribution in [0.4, 0.5) is 0 Å². The zero-order valence-electron chi connectivity index (χ0n) is 16.5. The molecule has 0 heterocycles. The highest BCUT2D eigenvalue weighted by Crippen LogP contribution is 2.53. The van der Waals surface area contributed by atoms with Gasteiger partial charge in [0.05, 0.1) is 0 Å². The van der Waals surface area contributed by atoms with Gasteiger partial charge in [-0.3, -0.25) is 0 Å². The van der Waals surface area contributed by atoms with Gasteiger partial charge in [0.15, 0.2) is 8.67 Å². The van der Waals surface area contributed by atoms with E-state index in [1.54, 1.807) is 48.5 Å². The summed E-state index contributed by atoms with van der Waals surface area (Å²) in [6.45, 7) is 0. The molecule has 0 aliphatic heterocycles. The highest BCUT2D eigenvalue weighted by molar-refractivity contribution is 6.61. The number of para-hydroxylation sites is 2. The number of rotatable bonds is 4. The standard InChI is InChI=1S/C10H6Cl8O.2C6H6O/c11-7(12)9(15,16)4-2-1-3-5(19)6(4)10(17,18)8(13)14;2*7-6-4-2-1-3-5-6/h1-3,7-8,19H;2*1-5,7H. The summed E-state index contributed by atoms with van der Waals surface area (Å²) >= 11 is 47.1. The third-order valence-electron chi connectivity index (χ3n) is 3.80. The monoisotopic (exact) mass is 610 g/mol. The van der Waals surface area contributed by atoms with Gasteiger partial charge in [-0.25, -0.2) is 0 Å². The molecule has 11 heteroatoms. The zero-order valence-corrected chi connectivity index (χ0v) is 22.6. The molecular formula is C22H18Cl8O3. The summed E-state index contributed by atoms with van der Waals surface area (Å²) < 4.78 is -3.60. The Kier molecular flexibility index (Phi) is 13.0. The second-order valence-electron chi connectivity index (χ2n) is 6.22. The molecule has 0 aliphatic rings. The number of benzene rings is 3. The molecule has 3 nitrogen and oxygen atoms in total. The molecule has 0 radical (unpaired) electrons. The summed E-state index contributed by atoms with van der Waals surface area (Å²) in [4.78, 5) is -2.46. The van der Waals surface area contributed by atoms with Gasteiger partial charge < -0.3 is 15.3 Å². The van der Waals surface area contributed by atoms with Gasteiger partial charge in [0.25, 0.3) is 0 Å². The Labute approximate surface area is 232 Å². The number of hydrogen-bond donors (Lipinski definition) is 3. The van der Waals surface area contributed by atoms with Gasteiger partial charge in [-0.2, -0.15) is 0 Å². The molecule has 3 N–H and O–H groups in total. The van der Waals surface area contributed by atoms with Crippen LogP contribution in [0.2, 0.25) is 0 Å². The smallest absolute Gasteiger partial charge is 0.176 e.